The first-order valence-electron chi connectivity index (χ1n) is 6.31. The summed E-state index contributed by atoms with van der Waals surface area (Å²) in [6, 6.07) is 7.61. The van der Waals surface area contributed by atoms with E-state index in [4.69, 9.17) is 5.73 Å². The van der Waals surface area contributed by atoms with Crippen LogP contribution in [0, 0.1) is 0 Å². The van der Waals surface area contributed by atoms with Crippen molar-refractivity contribution in [2.24, 2.45) is 0 Å². The molecule has 2 rings (SSSR count). The van der Waals surface area contributed by atoms with Crippen molar-refractivity contribution in [2.75, 3.05) is 18.5 Å². The van der Waals surface area contributed by atoms with Gasteiger partial charge in [0.05, 0.1) is 5.69 Å². The van der Waals surface area contributed by atoms with Gasteiger partial charge >= 0.3 is 0 Å². The van der Waals surface area contributed by atoms with Gasteiger partial charge in [0, 0.05) is 22.4 Å². The quantitative estimate of drug-likeness (QED) is 0.636. The molecule has 1 heterocycles. The lowest BCUT2D eigenvalue weighted by Gasteiger charge is -2.05. The van der Waals surface area contributed by atoms with E-state index in [0.29, 0.717) is 17.2 Å². The largest absolute Gasteiger partial charge is 0.375 e. The Morgan fingerprint density at radius 3 is 2.75 bits per heavy atom. The molecule has 106 valence electrons. The number of carbonyl (C=O) groups is 1. The van der Waals surface area contributed by atoms with Gasteiger partial charge in [-0.3, -0.25) is 4.79 Å². The Hall–Kier alpha value is -1.53. The molecule has 0 aliphatic heterocycles. The van der Waals surface area contributed by atoms with Gasteiger partial charge in [0.15, 0.2) is 5.13 Å². The molecule has 0 atom stereocenters. The van der Waals surface area contributed by atoms with Crippen LogP contribution in [0.2, 0.25) is 0 Å². The number of anilines is 1. The molecule has 0 aliphatic carbocycles. The van der Waals surface area contributed by atoms with Crippen LogP contribution in [0.1, 0.15) is 22.5 Å². The zero-order valence-electron chi connectivity index (χ0n) is 11.3. The molecule has 0 fully saturated rings. The normalized spacial score (nSPS) is 10.4. The topological polar surface area (TPSA) is 68.0 Å². The summed E-state index contributed by atoms with van der Waals surface area (Å²) in [5, 5.41) is 5.46. The van der Waals surface area contributed by atoms with Crippen LogP contribution >= 0.6 is 23.1 Å². The zero-order chi connectivity index (χ0) is 14.4. The second-order valence-electron chi connectivity index (χ2n) is 4.27. The Labute approximate surface area is 126 Å². The van der Waals surface area contributed by atoms with E-state index in [-0.39, 0.29) is 5.91 Å². The zero-order valence-corrected chi connectivity index (χ0v) is 12.9. The SMILES string of the molecule is CSc1ccc(C(=O)NCCCc2csc(N)n2)cc1. The van der Waals surface area contributed by atoms with Gasteiger partial charge in [-0.2, -0.15) is 0 Å². The lowest BCUT2D eigenvalue weighted by atomic mass is 10.2. The lowest BCUT2D eigenvalue weighted by molar-refractivity contribution is 0.0953. The molecule has 0 spiro atoms. The highest BCUT2D eigenvalue weighted by atomic mass is 32.2. The number of aromatic nitrogens is 1. The minimum absolute atomic E-state index is 0.0320. The molecule has 1 aromatic heterocycles. The summed E-state index contributed by atoms with van der Waals surface area (Å²) in [6.07, 6.45) is 3.71. The Bertz CT molecular complexity index is 566. The summed E-state index contributed by atoms with van der Waals surface area (Å²) in [5.74, 6) is -0.0320. The second-order valence-corrected chi connectivity index (χ2v) is 6.03. The fraction of sp³-hybridized carbons (Fsp3) is 0.286. The first kappa shape index (κ1) is 14.9. The van der Waals surface area contributed by atoms with E-state index >= 15 is 0 Å². The van der Waals surface area contributed by atoms with Gasteiger partial charge in [0.1, 0.15) is 0 Å². The van der Waals surface area contributed by atoms with Gasteiger partial charge in [-0.1, -0.05) is 0 Å². The van der Waals surface area contributed by atoms with Crippen LogP contribution in [0.25, 0.3) is 0 Å². The van der Waals surface area contributed by atoms with Crippen LogP contribution in [0.5, 0.6) is 0 Å². The number of amides is 1. The number of nitrogens with zero attached hydrogens (tertiary/aromatic N) is 1. The molecule has 1 amide bonds. The van der Waals surface area contributed by atoms with Gasteiger partial charge in [0.25, 0.3) is 5.91 Å². The third kappa shape index (κ3) is 4.25. The van der Waals surface area contributed by atoms with Crippen molar-refractivity contribution in [1.82, 2.24) is 10.3 Å². The van der Waals surface area contributed by atoms with Crippen LogP contribution in [-0.2, 0) is 6.42 Å². The predicted molar refractivity (Wildman–Crippen MR) is 85.4 cm³/mol. The summed E-state index contributed by atoms with van der Waals surface area (Å²) in [4.78, 5) is 17.2. The van der Waals surface area contributed by atoms with Crippen molar-refractivity contribution >= 4 is 34.1 Å². The molecule has 0 saturated heterocycles. The fourth-order valence-electron chi connectivity index (χ4n) is 1.75. The number of hydrogen-bond acceptors (Lipinski definition) is 5. The molecular formula is C14H17N3OS2. The van der Waals surface area contributed by atoms with Gasteiger partial charge in [-0.15, -0.1) is 23.1 Å². The van der Waals surface area contributed by atoms with Gasteiger partial charge in [-0.25, -0.2) is 4.98 Å². The fourth-order valence-corrected chi connectivity index (χ4v) is 2.76. The second kappa shape index (κ2) is 7.31. The van der Waals surface area contributed by atoms with Gasteiger partial charge in [0.2, 0.25) is 0 Å². The average Bonchev–Trinajstić information content (AvgIpc) is 2.89. The summed E-state index contributed by atoms with van der Waals surface area (Å²) >= 11 is 3.11. The molecule has 0 unspecified atom stereocenters. The molecule has 6 heteroatoms. The molecule has 20 heavy (non-hydrogen) atoms. The summed E-state index contributed by atoms with van der Waals surface area (Å²) < 4.78 is 0. The molecule has 0 aliphatic rings. The van der Waals surface area contributed by atoms with Crippen LogP contribution in [0.15, 0.2) is 34.5 Å². The van der Waals surface area contributed by atoms with Crippen LogP contribution in [-0.4, -0.2) is 23.7 Å². The number of benzene rings is 1. The predicted octanol–water partition coefficient (Wildman–Crippen LogP) is 2.81. The summed E-state index contributed by atoms with van der Waals surface area (Å²) in [7, 11) is 0. The highest BCUT2D eigenvalue weighted by Gasteiger charge is 2.05. The molecule has 1 aromatic carbocycles. The number of hydrogen-bond donors (Lipinski definition) is 2. The van der Waals surface area contributed by atoms with E-state index in [1.807, 2.05) is 35.9 Å². The molecule has 2 aromatic rings. The third-order valence-corrected chi connectivity index (χ3v) is 4.28. The van der Waals surface area contributed by atoms with E-state index in [9.17, 15) is 4.79 Å². The highest BCUT2D eigenvalue weighted by Crippen LogP contribution is 2.15. The summed E-state index contributed by atoms with van der Waals surface area (Å²) in [5.41, 5.74) is 7.25. The molecular weight excluding hydrogens is 290 g/mol. The molecule has 0 saturated carbocycles. The van der Waals surface area contributed by atoms with Crippen molar-refractivity contribution < 1.29 is 4.79 Å². The van der Waals surface area contributed by atoms with E-state index in [1.54, 1.807) is 11.8 Å². The number of thioether (sulfide) groups is 1. The minimum Gasteiger partial charge on any atom is -0.375 e. The molecule has 3 N–H and O–H groups in total. The average molecular weight is 307 g/mol. The van der Waals surface area contributed by atoms with Crippen molar-refractivity contribution in [3.05, 3.63) is 40.9 Å². The van der Waals surface area contributed by atoms with Crippen LogP contribution in [0.4, 0.5) is 5.13 Å². The Morgan fingerprint density at radius 1 is 1.40 bits per heavy atom. The van der Waals surface area contributed by atoms with Crippen LogP contribution < -0.4 is 11.1 Å². The molecule has 0 bridgehead atoms. The number of nitrogens with two attached hydrogens (primary N) is 1. The maximum Gasteiger partial charge on any atom is 0.251 e. The number of thiazole rings is 1. The number of carbonyl (C=O) groups excluding carboxylic acids is 1. The van der Waals surface area contributed by atoms with Crippen molar-refractivity contribution in [1.29, 1.82) is 0 Å². The lowest BCUT2D eigenvalue weighted by Crippen LogP contribution is -2.24. The minimum atomic E-state index is -0.0320. The number of rotatable bonds is 6. The van der Waals surface area contributed by atoms with E-state index in [1.165, 1.54) is 11.3 Å². The number of nitrogen functional groups attached to an aromatic ring is 1. The van der Waals surface area contributed by atoms with E-state index in [2.05, 4.69) is 10.3 Å². The molecule has 0 radical (unpaired) electrons. The summed E-state index contributed by atoms with van der Waals surface area (Å²) in [6.45, 7) is 0.639. The van der Waals surface area contributed by atoms with Crippen molar-refractivity contribution in [3.8, 4) is 0 Å². The third-order valence-electron chi connectivity index (χ3n) is 2.82. The van der Waals surface area contributed by atoms with Gasteiger partial charge in [-0.05, 0) is 43.4 Å². The van der Waals surface area contributed by atoms with E-state index < -0.39 is 0 Å². The van der Waals surface area contributed by atoms with Crippen molar-refractivity contribution in [3.63, 3.8) is 0 Å². The monoisotopic (exact) mass is 307 g/mol. The Kier molecular flexibility index (Phi) is 5.43. The first-order valence-corrected chi connectivity index (χ1v) is 8.41. The maximum atomic E-state index is 11.9. The number of aryl methyl sites for hydroxylation is 1. The Balaban J connectivity index is 1.74. The highest BCUT2D eigenvalue weighted by molar-refractivity contribution is 7.98. The molecule has 4 nitrogen and oxygen atoms in total. The maximum absolute atomic E-state index is 11.9. The Morgan fingerprint density at radius 2 is 2.15 bits per heavy atom. The first-order chi connectivity index (χ1) is 9.69. The number of nitrogens with one attached hydrogen (secondary N) is 1. The van der Waals surface area contributed by atoms with Crippen molar-refractivity contribution in [2.45, 2.75) is 17.7 Å². The smallest absolute Gasteiger partial charge is 0.251 e. The van der Waals surface area contributed by atoms with Crippen LogP contribution in [0.3, 0.4) is 0 Å². The van der Waals surface area contributed by atoms with Gasteiger partial charge < -0.3 is 11.1 Å². The standard InChI is InChI=1S/C14H17N3OS2/c1-19-12-6-4-10(5-7-12)13(18)16-8-2-3-11-9-20-14(15)17-11/h4-7,9H,2-3,8H2,1H3,(H2,15,17)(H,16,18). The van der Waals surface area contributed by atoms with E-state index in [0.717, 1.165) is 23.4 Å².